The molecule has 0 radical (unpaired) electrons. The molecule has 0 fully saturated rings. The number of hydrogen-bond acceptors (Lipinski definition) is 14. The van der Waals surface area contributed by atoms with E-state index in [9.17, 15) is 20.2 Å². The lowest BCUT2D eigenvalue weighted by Gasteiger charge is -2.23. The SMILES string of the molecule is CC(C)N(O)C(C)C.CC(CO[N+](=O)[O-])Sc1cnsn1.COC[C@H](CNC(C)(C)C)O[N+](=O)[O-]. The molecule has 1 heterocycles. The number of rotatable bonds is 13. The lowest BCUT2D eigenvalue weighted by Crippen LogP contribution is -2.43. The fourth-order valence-corrected chi connectivity index (χ4v) is 3.38. The maximum atomic E-state index is 10.1. The zero-order valence-electron chi connectivity index (χ0n) is 21.9. The third kappa shape index (κ3) is 23.7. The molecular weight excluding hydrogens is 504 g/mol. The molecular formula is C19H40N6O8S2. The van der Waals surface area contributed by atoms with Crippen LogP contribution >= 0.6 is 23.5 Å². The van der Waals surface area contributed by atoms with Crippen molar-refractivity contribution in [2.24, 2.45) is 0 Å². The molecule has 1 unspecified atom stereocenters. The third-order valence-electron chi connectivity index (χ3n) is 3.58. The maximum Gasteiger partial charge on any atom is 0.294 e. The average molecular weight is 545 g/mol. The molecule has 1 aromatic heterocycles. The average Bonchev–Trinajstić information content (AvgIpc) is 3.23. The highest BCUT2D eigenvalue weighted by atomic mass is 32.2. The van der Waals surface area contributed by atoms with E-state index in [1.807, 2.05) is 55.4 Å². The van der Waals surface area contributed by atoms with Crippen LogP contribution in [0.25, 0.3) is 0 Å². The molecule has 35 heavy (non-hydrogen) atoms. The lowest BCUT2D eigenvalue weighted by molar-refractivity contribution is -0.768. The van der Waals surface area contributed by atoms with Crippen molar-refractivity contribution in [3.05, 3.63) is 26.4 Å². The molecule has 0 amide bonds. The van der Waals surface area contributed by atoms with Gasteiger partial charge in [-0.15, -0.1) is 20.2 Å². The zero-order valence-corrected chi connectivity index (χ0v) is 23.5. The van der Waals surface area contributed by atoms with E-state index >= 15 is 0 Å². The number of nitrogens with one attached hydrogen (secondary N) is 1. The molecule has 0 bridgehead atoms. The largest absolute Gasteiger partial charge is 0.382 e. The quantitative estimate of drug-likeness (QED) is 0.210. The molecule has 1 rings (SSSR count). The molecule has 0 aromatic carbocycles. The highest BCUT2D eigenvalue weighted by molar-refractivity contribution is 7.99. The minimum Gasteiger partial charge on any atom is -0.382 e. The van der Waals surface area contributed by atoms with Crippen LogP contribution in [0, 0.1) is 20.2 Å². The van der Waals surface area contributed by atoms with Gasteiger partial charge in [-0.2, -0.15) is 13.8 Å². The van der Waals surface area contributed by atoms with Crippen molar-refractivity contribution in [2.75, 3.05) is 26.9 Å². The van der Waals surface area contributed by atoms with E-state index < -0.39 is 16.3 Å². The summed E-state index contributed by atoms with van der Waals surface area (Å²) in [6.45, 7) is 16.2. The van der Waals surface area contributed by atoms with Crippen LogP contribution in [-0.4, -0.2) is 85.0 Å². The number of thioether (sulfide) groups is 1. The summed E-state index contributed by atoms with van der Waals surface area (Å²) in [6, 6.07) is 0.463. The molecule has 1 aromatic rings. The van der Waals surface area contributed by atoms with E-state index in [-0.39, 0.29) is 36.1 Å². The topological polar surface area (TPSA) is 175 Å². The van der Waals surface area contributed by atoms with Gasteiger partial charge in [0.2, 0.25) is 0 Å². The van der Waals surface area contributed by atoms with Crippen LogP contribution in [0.1, 0.15) is 55.4 Å². The highest BCUT2D eigenvalue weighted by Crippen LogP contribution is 2.20. The van der Waals surface area contributed by atoms with Crippen LogP contribution in [0.3, 0.4) is 0 Å². The van der Waals surface area contributed by atoms with Crippen LogP contribution in [0.5, 0.6) is 0 Å². The third-order valence-corrected chi connectivity index (χ3v) is 5.15. The summed E-state index contributed by atoms with van der Waals surface area (Å²) < 4.78 is 12.6. The Hall–Kier alpha value is -1.85. The van der Waals surface area contributed by atoms with Crippen molar-refractivity contribution in [3.8, 4) is 0 Å². The van der Waals surface area contributed by atoms with Gasteiger partial charge in [0.05, 0.1) is 24.5 Å². The van der Waals surface area contributed by atoms with Crippen molar-refractivity contribution >= 4 is 23.5 Å². The van der Waals surface area contributed by atoms with Gasteiger partial charge in [-0.3, -0.25) is 0 Å². The second kappa shape index (κ2) is 19.4. The Morgan fingerprint density at radius 1 is 1.14 bits per heavy atom. The Morgan fingerprint density at radius 3 is 2.06 bits per heavy atom. The van der Waals surface area contributed by atoms with Crippen molar-refractivity contribution in [2.45, 2.75) is 89.4 Å². The summed E-state index contributed by atoms with van der Waals surface area (Å²) in [5.41, 5.74) is -0.0913. The van der Waals surface area contributed by atoms with Gasteiger partial charge in [-0.25, -0.2) is 0 Å². The van der Waals surface area contributed by atoms with Gasteiger partial charge in [0.25, 0.3) is 10.2 Å². The smallest absolute Gasteiger partial charge is 0.294 e. The van der Waals surface area contributed by atoms with E-state index in [0.717, 1.165) is 16.8 Å². The Bertz CT molecular complexity index is 669. The van der Waals surface area contributed by atoms with Crippen LogP contribution < -0.4 is 5.32 Å². The molecule has 2 atom stereocenters. The number of hydrogen-bond donors (Lipinski definition) is 2. The van der Waals surface area contributed by atoms with Crippen molar-refractivity contribution in [3.63, 3.8) is 0 Å². The second-order valence-corrected chi connectivity index (χ2v) is 10.8. The first kappa shape index (κ1) is 35.3. The van der Waals surface area contributed by atoms with Crippen LogP contribution in [0.2, 0.25) is 0 Å². The Labute approximate surface area is 215 Å². The molecule has 0 aliphatic carbocycles. The van der Waals surface area contributed by atoms with Crippen LogP contribution in [0.4, 0.5) is 0 Å². The highest BCUT2D eigenvalue weighted by Gasteiger charge is 2.17. The van der Waals surface area contributed by atoms with E-state index in [2.05, 4.69) is 23.7 Å². The van der Waals surface area contributed by atoms with Crippen molar-refractivity contribution < 1.29 is 29.8 Å². The predicted octanol–water partition coefficient (Wildman–Crippen LogP) is 3.32. The Kier molecular flexibility index (Phi) is 19.5. The summed E-state index contributed by atoms with van der Waals surface area (Å²) in [6.07, 6.45) is 1.06. The molecule has 0 aliphatic heterocycles. The molecule has 16 heteroatoms. The van der Waals surface area contributed by atoms with Gasteiger partial charge in [-0.05, 0) is 48.5 Å². The number of aromatic nitrogens is 2. The van der Waals surface area contributed by atoms with Gasteiger partial charge in [0, 0.05) is 36.5 Å². The first-order valence-corrected chi connectivity index (χ1v) is 12.4. The molecule has 0 aliphatic rings. The summed E-state index contributed by atoms with van der Waals surface area (Å²) in [5.74, 6) is 0. The molecule has 206 valence electrons. The fourth-order valence-electron chi connectivity index (χ4n) is 2.06. The van der Waals surface area contributed by atoms with Crippen LogP contribution in [0.15, 0.2) is 11.2 Å². The molecule has 14 nitrogen and oxygen atoms in total. The Balaban J connectivity index is 0. The van der Waals surface area contributed by atoms with Gasteiger partial charge < -0.3 is 24.9 Å². The summed E-state index contributed by atoms with van der Waals surface area (Å²) >= 11 is 2.51. The number of ether oxygens (including phenoxy) is 1. The van der Waals surface area contributed by atoms with Gasteiger partial charge in [0.1, 0.15) is 17.7 Å². The van der Waals surface area contributed by atoms with Crippen molar-refractivity contribution in [1.29, 1.82) is 0 Å². The van der Waals surface area contributed by atoms with Gasteiger partial charge in [0.15, 0.2) is 0 Å². The number of hydroxylamine groups is 2. The second-order valence-electron chi connectivity index (χ2n) is 8.80. The molecule has 0 spiro atoms. The van der Waals surface area contributed by atoms with Gasteiger partial charge in [-0.1, -0.05) is 18.7 Å². The monoisotopic (exact) mass is 544 g/mol. The molecule has 0 saturated carbocycles. The first-order chi connectivity index (χ1) is 16.1. The number of nitrogens with zero attached hydrogens (tertiary/aromatic N) is 5. The summed E-state index contributed by atoms with van der Waals surface area (Å²) in [7, 11) is 1.48. The van der Waals surface area contributed by atoms with E-state index in [0.29, 0.717) is 6.54 Å². The first-order valence-electron chi connectivity index (χ1n) is 10.8. The van der Waals surface area contributed by atoms with E-state index in [4.69, 9.17) is 9.94 Å². The van der Waals surface area contributed by atoms with E-state index in [1.165, 1.54) is 23.9 Å². The lowest BCUT2D eigenvalue weighted by atomic mass is 10.1. The standard InChI is InChI=1S/C8H18N2O4.C6H15NO.C5H7N3O3S2/c1-8(2,3)9-5-7(6-13-4)14-10(11)12;1-5(2)7(8)6(3)4;1-4(3-11-8(9)10)12-5-2-6-13-7-5/h7,9H,5-6H2,1-4H3;5-6,8H,1-4H3;2,4H,3H2,1H3/t7-;;/m0../s1. The van der Waals surface area contributed by atoms with Crippen molar-refractivity contribution in [1.82, 2.24) is 19.1 Å². The summed E-state index contributed by atoms with van der Waals surface area (Å²) in [4.78, 5) is 28.6. The van der Waals surface area contributed by atoms with Crippen LogP contribution in [-0.2, 0) is 14.4 Å². The van der Waals surface area contributed by atoms with E-state index in [1.54, 1.807) is 6.20 Å². The molecule has 0 saturated heterocycles. The maximum absolute atomic E-state index is 10.1. The number of methoxy groups -OCH3 is 1. The molecule has 2 N–H and O–H groups in total. The van der Waals surface area contributed by atoms with Gasteiger partial charge >= 0.3 is 0 Å². The minimum absolute atomic E-state index is 0.00528. The fraction of sp³-hybridized carbons (Fsp3) is 0.895. The Morgan fingerprint density at radius 2 is 1.71 bits per heavy atom. The normalized spacial score (nSPS) is 12.8. The predicted molar refractivity (Wildman–Crippen MR) is 134 cm³/mol. The zero-order chi connectivity index (χ0) is 27.6. The minimum atomic E-state index is -0.798. The summed E-state index contributed by atoms with van der Waals surface area (Å²) in [5, 5.41) is 32.6.